The maximum Gasteiger partial charge on any atom is 0.435 e. The predicted molar refractivity (Wildman–Crippen MR) is 69.7 cm³/mol. The second kappa shape index (κ2) is 6.25. The first kappa shape index (κ1) is 15.5. The third-order valence-electron chi connectivity index (χ3n) is 3.13. The average Bonchev–Trinajstić information content (AvgIpc) is 2.47. The van der Waals surface area contributed by atoms with Gasteiger partial charge in [-0.15, -0.1) is 10.2 Å². The van der Waals surface area contributed by atoms with Gasteiger partial charge in [-0.2, -0.15) is 13.2 Å². The molecule has 1 fully saturated rings. The van der Waals surface area contributed by atoms with Gasteiger partial charge in [0.25, 0.3) is 0 Å². The molecule has 0 aromatic carbocycles. The number of amides is 1. The second-order valence-electron chi connectivity index (χ2n) is 4.58. The van der Waals surface area contributed by atoms with Crippen molar-refractivity contribution in [3.8, 4) is 0 Å². The van der Waals surface area contributed by atoms with Gasteiger partial charge in [0.2, 0.25) is 5.91 Å². The van der Waals surface area contributed by atoms with Gasteiger partial charge in [-0.3, -0.25) is 4.79 Å². The lowest BCUT2D eigenvalue weighted by Gasteiger charge is -2.35. The topological polar surface area (TPSA) is 70.2 Å². The minimum atomic E-state index is -4.52. The number of rotatable bonds is 3. The van der Waals surface area contributed by atoms with Crippen LogP contribution in [0.1, 0.15) is 12.6 Å². The van der Waals surface area contributed by atoms with Gasteiger partial charge >= 0.3 is 6.18 Å². The Balaban J connectivity index is 2.19. The van der Waals surface area contributed by atoms with Crippen LogP contribution in [0, 0.1) is 0 Å². The van der Waals surface area contributed by atoms with Crippen molar-refractivity contribution < 1.29 is 18.0 Å². The van der Waals surface area contributed by atoms with E-state index in [1.54, 1.807) is 11.8 Å². The van der Waals surface area contributed by atoms with Crippen LogP contribution in [0.3, 0.4) is 0 Å². The van der Waals surface area contributed by atoms with E-state index in [2.05, 4.69) is 20.8 Å². The molecule has 9 heteroatoms. The molecule has 1 aromatic heterocycles. The smallest absolute Gasteiger partial charge is 0.355 e. The molecule has 1 aromatic rings. The fourth-order valence-corrected chi connectivity index (χ4v) is 2.13. The van der Waals surface area contributed by atoms with Gasteiger partial charge < -0.3 is 15.5 Å². The van der Waals surface area contributed by atoms with E-state index in [0.29, 0.717) is 26.2 Å². The van der Waals surface area contributed by atoms with Crippen LogP contribution < -0.4 is 15.5 Å². The van der Waals surface area contributed by atoms with Gasteiger partial charge in [0.05, 0.1) is 0 Å². The highest BCUT2D eigenvalue weighted by Gasteiger charge is 2.34. The zero-order valence-electron chi connectivity index (χ0n) is 11.4. The van der Waals surface area contributed by atoms with Crippen molar-refractivity contribution >= 4 is 11.7 Å². The Bertz CT molecular complexity index is 491. The molecule has 0 aliphatic carbocycles. The van der Waals surface area contributed by atoms with E-state index in [-0.39, 0.29) is 11.7 Å². The molecule has 2 heterocycles. The maximum atomic E-state index is 12.5. The minimum absolute atomic E-state index is 0.189. The Morgan fingerprint density at radius 2 is 2.24 bits per heavy atom. The van der Waals surface area contributed by atoms with Crippen LogP contribution >= 0.6 is 0 Å². The SMILES string of the molecule is CCNC(=O)C1CNCCN1c1ccc(C(F)(F)F)nn1. The highest BCUT2D eigenvalue weighted by atomic mass is 19.4. The summed E-state index contributed by atoms with van der Waals surface area (Å²) in [4.78, 5) is 13.6. The number of hydrogen-bond donors (Lipinski definition) is 2. The van der Waals surface area contributed by atoms with Crippen molar-refractivity contribution in [2.24, 2.45) is 0 Å². The molecule has 1 atom stereocenters. The highest BCUT2D eigenvalue weighted by molar-refractivity contribution is 5.85. The van der Waals surface area contributed by atoms with Crippen molar-refractivity contribution in [2.75, 3.05) is 31.1 Å². The van der Waals surface area contributed by atoms with Gasteiger partial charge in [0.15, 0.2) is 11.5 Å². The second-order valence-corrected chi connectivity index (χ2v) is 4.58. The van der Waals surface area contributed by atoms with E-state index < -0.39 is 17.9 Å². The number of nitrogens with one attached hydrogen (secondary N) is 2. The van der Waals surface area contributed by atoms with Gasteiger partial charge in [0.1, 0.15) is 6.04 Å². The summed E-state index contributed by atoms with van der Waals surface area (Å²) in [5.41, 5.74) is -1.05. The molecule has 1 amide bonds. The molecule has 0 radical (unpaired) electrons. The summed E-state index contributed by atoms with van der Waals surface area (Å²) in [6.07, 6.45) is -4.52. The lowest BCUT2D eigenvalue weighted by Crippen LogP contribution is -2.58. The zero-order valence-corrected chi connectivity index (χ0v) is 11.4. The van der Waals surface area contributed by atoms with Crippen molar-refractivity contribution in [2.45, 2.75) is 19.1 Å². The summed E-state index contributed by atoms with van der Waals surface area (Å²) in [6, 6.07) is 1.61. The molecule has 2 rings (SSSR count). The van der Waals surface area contributed by atoms with Gasteiger partial charge in [-0.1, -0.05) is 0 Å². The van der Waals surface area contributed by atoms with Crippen LogP contribution in [-0.2, 0) is 11.0 Å². The van der Waals surface area contributed by atoms with Gasteiger partial charge in [-0.05, 0) is 19.1 Å². The number of alkyl halides is 3. The monoisotopic (exact) mass is 303 g/mol. The van der Waals surface area contributed by atoms with Crippen molar-refractivity contribution in [1.29, 1.82) is 0 Å². The fraction of sp³-hybridized carbons (Fsp3) is 0.583. The number of anilines is 1. The molecule has 1 saturated heterocycles. The summed E-state index contributed by atoms with van der Waals surface area (Å²) in [5.74, 6) is 0.0761. The van der Waals surface area contributed by atoms with E-state index >= 15 is 0 Å². The summed E-state index contributed by atoms with van der Waals surface area (Å²) in [7, 11) is 0. The molecule has 0 spiro atoms. The molecule has 0 bridgehead atoms. The molecule has 1 aliphatic heterocycles. The van der Waals surface area contributed by atoms with E-state index in [0.717, 1.165) is 6.07 Å². The fourth-order valence-electron chi connectivity index (χ4n) is 2.13. The van der Waals surface area contributed by atoms with Crippen LogP contribution in [0.2, 0.25) is 0 Å². The van der Waals surface area contributed by atoms with Crippen molar-refractivity contribution in [3.05, 3.63) is 17.8 Å². The number of piperazine rings is 1. The van der Waals surface area contributed by atoms with Crippen LogP contribution in [-0.4, -0.2) is 48.3 Å². The predicted octanol–water partition coefficient (Wildman–Crippen LogP) is 0.410. The number of carbonyl (C=O) groups excluding carboxylic acids is 1. The zero-order chi connectivity index (χ0) is 15.5. The number of carbonyl (C=O) groups is 1. The Kier molecular flexibility index (Phi) is 4.61. The van der Waals surface area contributed by atoms with E-state index in [1.165, 1.54) is 6.07 Å². The Morgan fingerprint density at radius 3 is 2.81 bits per heavy atom. The molecule has 116 valence electrons. The number of nitrogens with zero attached hydrogens (tertiary/aromatic N) is 3. The van der Waals surface area contributed by atoms with Crippen molar-refractivity contribution in [3.63, 3.8) is 0 Å². The number of halogens is 3. The number of aromatic nitrogens is 2. The number of hydrogen-bond acceptors (Lipinski definition) is 5. The third-order valence-corrected chi connectivity index (χ3v) is 3.13. The number of likely N-dealkylation sites (N-methyl/N-ethyl adjacent to an activating group) is 1. The van der Waals surface area contributed by atoms with Crippen LogP contribution in [0.25, 0.3) is 0 Å². The highest BCUT2D eigenvalue weighted by Crippen LogP contribution is 2.27. The van der Waals surface area contributed by atoms with Gasteiger partial charge in [-0.25, -0.2) is 0 Å². The molecular formula is C12H16F3N5O. The molecule has 1 aliphatic rings. The van der Waals surface area contributed by atoms with Crippen LogP contribution in [0.4, 0.5) is 19.0 Å². The Hall–Kier alpha value is -1.90. The largest absolute Gasteiger partial charge is 0.435 e. The summed E-state index contributed by atoms with van der Waals surface area (Å²) >= 11 is 0. The normalized spacial score (nSPS) is 19.4. The summed E-state index contributed by atoms with van der Waals surface area (Å²) < 4.78 is 37.4. The summed E-state index contributed by atoms with van der Waals surface area (Å²) in [5, 5.41) is 12.6. The Labute approximate surface area is 119 Å². The first-order chi connectivity index (χ1) is 9.93. The lowest BCUT2D eigenvalue weighted by molar-refractivity contribution is -0.141. The standard InChI is InChI=1S/C12H16F3N5O/c1-2-17-11(21)8-7-16-5-6-20(8)10-4-3-9(18-19-10)12(13,14)15/h3-4,8,16H,2,5-7H2,1H3,(H,17,21). The van der Waals surface area contributed by atoms with Crippen LogP contribution in [0.15, 0.2) is 12.1 Å². The first-order valence-corrected chi connectivity index (χ1v) is 6.59. The van der Waals surface area contributed by atoms with Crippen molar-refractivity contribution in [1.82, 2.24) is 20.8 Å². The quantitative estimate of drug-likeness (QED) is 0.846. The molecular weight excluding hydrogens is 287 g/mol. The Morgan fingerprint density at radius 1 is 1.48 bits per heavy atom. The van der Waals surface area contributed by atoms with Crippen LogP contribution in [0.5, 0.6) is 0 Å². The van der Waals surface area contributed by atoms with E-state index in [9.17, 15) is 18.0 Å². The minimum Gasteiger partial charge on any atom is -0.355 e. The molecule has 2 N–H and O–H groups in total. The van der Waals surface area contributed by atoms with E-state index in [1.807, 2.05) is 0 Å². The van der Waals surface area contributed by atoms with Gasteiger partial charge in [0, 0.05) is 26.2 Å². The molecule has 6 nitrogen and oxygen atoms in total. The maximum absolute atomic E-state index is 12.5. The molecule has 0 saturated carbocycles. The van der Waals surface area contributed by atoms with E-state index in [4.69, 9.17) is 0 Å². The lowest BCUT2D eigenvalue weighted by atomic mass is 10.1. The first-order valence-electron chi connectivity index (χ1n) is 6.59. The molecule has 21 heavy (non-hydrogen) atoms. The summed E-state index contributed by atoms with van der Waals surface area (Å²) in [6.45, 7) is 3.80. The molecule has 1 unspecified atom stereocenters. The third kappa shape index (κ3) is 3.60. The average molecular weight is 303 g/mol.